The molecule has 1 aliphatic rings. The van der Waals surface area contributed by atoms with Crippen LogP contribution in [0, 0.1) is 5.95 Å². The van der Waals surface area contributed by atoms with Crippen LogP contribution in [0.1, 0.15) is 11.9 Å². The van der Waals surface area contributed by atoms with Gasteiger partial charge in [-0.3, -0.25) is 4.40 Å². The summed E-state index contributed by atoms with van der Waals surface area (Å²) in [5, 5.41) is 3.21. The van der Waals surface area contributed by atoms with Crippen LogP contribution in [0.5, 0.6) is 0 Å². The molecule has 0 spiro atoms. The van der Waals surface area contributed by atoms with Gasteiger partial charge in [-0.25, -0.2) is 4.98 Å². The van der Waals surface area contributed by atoms with Crippen LogP contribution in [0.2, 0.25) is 0 Å². The molecular weight excluding hydrogens is 209 g/mol. The predicted octanol–water partition coefficient (Wildman–Crippen LogP) is 1.13. The van der Waals surface area contributed by atoms with Gasteiger partial charge in [0.2, 0.25) is 0 Å². The molecule has 2 aromatic rings. The van der Waals surface area contributed by atoms with Gasteiger partial charge in [0, 0.05) is 13.1 Å². The summed E-state index contributed by atoms with van der Waals surface area (Å²) in [6.07, 6.45) is 1.49. The lowest BCUT2D eigenvalue weighted by Gasteiger charge is -2.22. The minimum absolute atomic E-state index is 0.173. The van der Waals surface area contributed by atoms with Crippen molar-refractivity contribution in [3.63, 3.8) is 0 Å². The molecule has 0 radical (unpaired) electrons. The fourth-order valence-electron chi connectivity index (χ4n) is 1.99. The molecule has 1 atom stereocenters. The van der Waals surface area contributed by atoms with Gasteiger partial charge in [-0.05, 0) is 12.1 Å². The summed E-state index contributed by atoms with van der Waals surface area (Å²) in [7, 11) is 0. The SMILES string of the molecule is Fc1cccc2cnc(C3CNCCO3)n12. The van der Waals surface area contributed by atoms with E-state index in [9.17, 15) is 4.39 Å². The van der Waals surface area contributed by atoms with Gasteiger partial charge in [-0.2, -0.15) is 4.39 Å². The minimum atomic E-state index is -0.306. The molecule has 0 amide bonds. The van der Waals surface area contributed by atoms with E-state index in [0.717, 1.165) is 12.1 Å². The normalized spacial score (nSPS) is 21.4. The van der Waals surface area contributed by atoms with Crippen LogP contribution < -0.4 is 5.32 Å². The van der Waals surface area contributed by atoms with E-state index in [1.807, 2.05) is 6.07 Å². The Labute approximate surface area is 92.1 Å². The number of fused-ring (bicyclic) bond motifs is 1. The molecule has 1 fully saturated rings. The van der Waals surface area contributed by atoms with Crippen molar-refractivity contribution >= 4 is 5.52 Å². The van der Waals surface area contributed by atoms with Crippen molar-refractivity contribution in [2.45, 2.75) is 6.10 Å². The van der Waals surface area contributed by atoms with Gasteiger partial charge in [-0.15, -0.1) is 0 Å². The first kappa shape index (κ1) is 9.74. The van der Waals surface area contributed by atoms with Crippen molar-refractivity contribution in [1.29, 1.82) is 0 Å². The van der Waals surface area contributed by atoms with Crippen molar-refractivity contribution in [3.05, 3.63) is 36.2 Å². The number of imidazole rings is 1. The molecule has 0 aromatic carbocycles. The number of nitrogens with zero attached hydrogens (tertiary/aromatic N) is 2. The van der Waals surface area contributed by atoms with Crippen molar-refractivity contribution in [1.82, 2.24) is 14.7 Å². The third-order valence-corrected chi connectivity index (χ3v) is 2.75. The fourth-order valence-corrected chi connectivity index (χ4v) is 1.99. The third-order valence-electron chi connectivity index (χ3n) is 2.75. The maximum Gasteiger partial charge on any atom is 0.199 e. The summed E-state index contributed by atoms with van der Waals surface area (Å²) in [6, 6.07) is 4.93. The molecule has 5 heteroatoms. The lowest BCUT2D eigenvalue weighted by molar-refractivity contribution is 0.0213. The van der Waals surface area contributed by atoms with E-state index < -0.39 is 0 Å². The Bertz CT molecular complexity index is 505. The third kappa shape index (κ3) is 1.48. The molecule has 1 saturated heterocycles. The average molecular weight is 221 g/mol. The first-order valence-electron chi connectivity index (χ1n) is 5.30. The van der Waals surface area contributed by atoms with Gasteiger partial charge in [0.1, 0.15) is 11.9 Å². The van der Waals surface area contributed by atoms with E-state index in [1.165, 1.54) is 10.5 Å². The molecule has 84 valence electrons. The fraction of sp³-hybridized carbons (Fsp3) is 0.364. The molecule has 0 bridgehead atoms. The Balaban J connectivity index is 2.09. The van der Waals surface area contributed by atoms with Gasteiger partial charge in [0.25, 0.3) is 0 Å². The Morgan fingerprint density at radius 3 is 3.25 bits per heavy atom. The Kier molecular flexibility index (Phi) is 2.34. The number of hydrogen-bond acceptors (Lipinski definition) is 3. The van der Waals surface area contributed by atoms with E-state index in [2.05, 4.69) is 10.3 Å². The molecule has 3 heterocycles. The average Bonchev–Trinajstić information content (AvgIpc) is 2.75. The quantitative estimate of drug-likeness (QED) is 0.734. The van der Waals surface area contributed by atoms with E-state index >= 15 is 0 Å². The first-order valence-corrected chi connectivity index (χ1v) is 5.30. The molecule has 16 heavy (non-hydrogen) atoms. The summed E-state index contributed by atoms with van der Waals surface area (Å²) in [5.41, 5.74) is 0.754. The maximum atomic E-state index is 13.7. The summed E-state index contributed by atoms with van der Waals surface area (Å²) >= 11 is 0. The van der Waals surface area contributed by atoms with Crippen molar-refractivity contribution in [3.8, 4) is 0 Å². The maximum absolute atomic E-state index is 13.7. The number of hydrogen-bond donors (Lipinski definition) is 1. The number of halogens is 1. The topological polar surface area (TPSA) is 38.6 Å². The summed E-state index contributed by atoms with van der Waals surface area (Å²) in [4.78, 5) is 4.24. The standard InChI is InChI=1S/C11H12FN3O/c12-10-3-1-2-8-6-14-11(15(8)10)9-7-13-4-5-16-9/h1-3,6,9,13H,4-5,7H2. The number of rotatable bonds is 1. The van der Waals surface area contributed by atoms with Gasteiger partial charge < -0.3 is 10.1 Å². The van der Waals surface area contributed by atoms with Gasteiger partial charge in [0.15, 0.2) is 5.95 Å². The van der Waals surface area contributed by atoms with Crippen molar-refractivity contribution in [2.75, 3.05) is 19.7 Å². The molecule has 1 N–H and O–H groups in total. The summed E-state index contributed by atoms with van der Waals surface area (Å²) in [5.74, 6) is 0.319. The number of morpholine rings is 1. The lowest BCUT2D eigenvalue weighted by Crippen LogP contribution is -2.34. The van der Waals surface area contributed by atoms with Crippen LogP contribution in [-0.4, -0.2) is 29.1 Å². The molecule has 0 saturated carbocycles. The Hall–Kier alpha value is -1.46. The van der Waals surface area contributed by atoms with Crippen molar-refractivity contribution < 1.29 is 9.13 Å². The smallest absolute Gasteiger partial charge is 0.199 e. The molecule has 1 unspecified atom stereocenters. The highest BCUT2D eigenvalue weighted by Gasteiger charge is 2.21. The summed E-state index contributed by atoms with van der Waals surface area (Å²) < 4.78 is 20.8. The largest absolute Gasteiger partial charge is 0.368 e. The van der Waals surface area contributed by atoms with Gasteiger partial charge in [0.05, 0.1) is 18.3 Å². The summed E-state index contributed by atoms with van der Waals surface area (Å²) in [6.45, 7) is 2.14. The van der Waals surface area contributed by atoms with Crippen molar-refractivity contribution in [2.24, 2.45) is 0 Å². The second-order valence-electron chi connectivity index (χ2n) is 3.79. The predicted molar refractivity (Wildman–Crippen MR) is 56.7 cm³/mol. The van der Waals surface area contributed by atoms with E-state index in [1.54, 1.807) is 12.3 Å². The van der Waals surface area contributed by atoms with Gasteiger partial charge >= 0.3 is 0 Å². The van der Waals surface area contributed by atoms with Crippen LogP contribution in [0.25, 0.3) is 5.52 Å². The van der Waals surface area contributed by atoms with Crippen LogP contribution >= 0.6 is 0 Å². The number of ether oxygens (including phenoxy) is 1. The molecule has 1 aliphatic heterocycles. The van der Waals surface area contributed by atoms with Crippen LogP contribution in [-0.2, 0) is 4.74 Å². The molecule has 4 nitrogen and oxygen atoms in total. The van der Waals surface area contributed by atoms with Crippen LogP contribution in [0.3, 0.4) is 0 Å². The van der Waals surface area contributed by atoms with E-state index in [4.69, 9.17) is 4.74 Å². The van der Waals surface area contributed by atoms with Crippen LogP contribution in [0.4, 0.5) is 4.39 Å². The minimum Gasteiger partial charge on any atom is -0.368 e. The number of pyridine rings is 1. The van der Waals surface area contributed by atoms with E-state index in [0.29, 0.717) is 19.0 Å². The lowest BCUT2D eigenvalue weighted by atomic mass is 10.3. The number of aromatic nitrogens is 2. The molecule has 0 aliphatic carbocycles. The molecular formula is C11H12FN3O. The zero-order valence-corrected chi connectivity index (χ0v) is 8.69. The van der Waals surface area contributed by atoms with Gasteiger partial charge in [-0.1, -0.05) is 6.07 Å². The zero-order valence-electron chi connectivity index (χ0n) is 8.69. The highest BCUT2D eigenvalue weighted by atomic mass is 19.1. The monoisotopic (exact) mass is 221 g/mol. The molecule has 3 rings (SSSR count). The zero-order chi connectivity index (χ0) is 11.0. The Morgan fingerprint density at radius 2 is 2.44 bits per heavy atom. The molecule has 2 aromatic heterocycles. The second kappa shape index (κ2) is 3.84. The van der Waals surface area contributed by atoms with Crippen LogP contribution in [0.15, 0.2) is 24.4 Å². The first-order chi connectivity index (χ1) is 7.86. The highest BCUT2D eigenvalue weighted by molar-refractivity contribution is 5.46. The highest BCUT2D eigenvalue weighted by Crippen LogP contribution is 2.20. The second-order valence-corrected chi connectivity index (χ2v) is 3.79. The van der Waals surface area contributed by atoms with E-state index in [-0.39, 0.29) is 12.1 Å². The Morgan fingerprint density at radius 1 is 1.50 bits per heavy atom. The number of nitrogens with one attached hydrogen (secondary N) is 1.